The summed E-state index contributed by atoms with van der Waals surface area (Å²) in [6.07, 6.45) is 1.40. The molecule has 1 aromatic heterocycles. The highest BCUT2D eigenvalue weighted by Crippen LogP contribution is 2.35. The molecule has 2 heterocycles. The number of carbonyl (C=O) groups is 1. The van der Waals surface area contributed by atoms with E-state index in [9.17, 15) is 14.9 Å². The second-order valence-corrected chi connectivity index (χ2v) is 6.77. The van der Waals surface area contributed by atoms with Gasteiger partial charge in [-0.3, -0.25) is 14.9 Å². The Labute approximate surface area is 166 Å². The maximum atomic E-state index is 13.2. The standard InChI is InChI=1S/C20H18N6O3/c1-12-4-3-5-15(10-12)24-19(27)17-13(2)23-20-21-11-22-25(20)18(17)14-6-8-16(9-7-14)26(28)29/h3-11,18H,1-2H3,(H,24,27)(H,21,22,23). The molecule has 9 nitrogen and oxygen atoms in total. The fraction of sp³-hybridized carbons (Fsp3) is 0.150. The number of nitro benzene ring substituents is 1. The van der Waals surface area contributed by atoms with Crippen LogP contribution in [0.25, 0.3) is 0 Å². The maximum absolute atomic E-state index is 13.2. The molecule has 4 rings (SSSR count). The average molecular weight is 390 g/mol. The molecule has 0 saturated carbocycles. The number of nitrogens with zero attached hydrogens (tertiary/aromatic N) is 4. The molecule has 0 aliphatic carbocycles. The number of hydrogen-bond donors (Lipinski definition) is 2. The van der Waals surface area contributed by atoms with Gasteiger partial charge in [-0.05, 0) is 49.2 Å². The number of aryl methyl sites for hydroxylation is 1. The molecule has 1 aliphatic heterocycles. The molecular weight excluding hydrogens is 372 g/mol. The van der Waals surface area contributed by atoms with Crippen LogP contribution in [0.15, 0.2) is 66.1 Å². The number of carbonyl (C=O) groups excluding carboxylic acids is 1. The molecule has 0 saturated heterocycles. The Kier molecular flexibility index (Phi) is 4.55. The van der Waals surface area contributed by atoms with Gasteiger partial charge in [-0.15, -0.1) is 0 Å². The lowest BCUT2D eigenvalue weighted by molar-refractivity contribution is -0.384. The lowest BCUT2D eigenvalue weighted by atomic mass is 9.95. The van der Waals surface area contributed by atoms with Crippen molar-refractivity contribution < 1.29 is 9.72 Å². The second-order valence-electron chi connectivity index (χ2n) is 6.77. The summed E-state index contributed by atoms with van der Waals surface area (Å²) in [6, 6.07) is 13.0. The van der Waals surface area contributed by atoms with Crippen molar-refractivity contribution in [2.24, 2.45) is 0 Å². The normalized spacial score (nSPS) is 15.4. The van der Waals surface area contributed by atoms with Gasteiger partial charge in [-0.25, -0.2) is 4.68 Å². The van der Waals surface area contributed by atoms with Gasteiger partial charge in [0.05, 0.1) is 10.5 Å². The third-order valence-electron chi connectivity index (χ3n) is 4.73. The Morgan fingerprint density at radius 2 is 1.97 bits per heavy atom. The Morgan fingerprint density at radius 1 is 1.21 bits per heavy atom. The molecule has 146 valence electrons. The maximum Gasteiger partial charge on any atom is 0.269 e. The average Bonchev–Trinajstić information content (AvgIpc) is 3.14. The van der Waals surface area contributed by atoms with E-state index in [4.69, 9.17) is 0 Å². The van der Waals surface area contributed by atoms with E-state index in [-0.39, 0.29) is 11.6 Å². The van der Waals surface area contributed by atoms with Crippen molar-refractivity contribution in [1.82, 2.24) is 14.8 Å². The van der Waals surface area contributed by atoms with Gasteiger partial charge < -0.3 is 10.6 Å². The smallest absolute Gasteiger partial charge is 0.269 e. The van der Waals surface area contributed by atoms with Crippen LogP contribution in [-0.4, -0.2) is 25.6 Å². The molecule has 1 unspecified atom stereocenters. The minimum atomic E-state index is -0.570. The number of benzene rings is 2. The molecule has 9 heteroatoms. The van der Waals surface area contributed by atoms with E-state index in [1.54, 1.807) is 23.7 Å². The largest absolute Gasteiger partial charge is 0.328 e. The van der Waals surface area contributed by atoms with Crippen LogP contribution in [0.4, 0.5) is 17.3 Å². The molecule has 1 aliphatic rings. The van der Waals surface area contributed by atoms with Crippen molar-refractivity contribution >= 4 is 23.2 Å². The minimum absolute atomic E-state index is 0.0204. The van der Waals surface area contributed by atoms with Crippen LogP contribution in [-0.2, 0) is 4.79 Å². The zero-order chi connectivity index (χ0) is 20.5. The van der Waals surface area contributed by atoms with Gasteiger partial charge in [-0.1, -0.05) is 12.1 Å². The van der Waals surface area contributed by atoms with Crippen LogP contribution in [0.3, 0.4) is 0 Å². The number of nitrogens with one attached hydrogen (secondary N) is 2. The van der Waals surface area contributed by atoms with Crippen molar-refractivity contribution in [2.45, 2.75) is 19.9 Å². The Bertz CT molecular complexity index is 1130. The van der Waals surface area contributed by atoms with E-state index in [0.29, 0.717) is 28.5 Å². The summed E-state index contributed by atoms with van der Waals surface area (Å²) in [5, 5.41) is 21.3. The van der Waals surface area contributed by atoms with Gasteiger partial charge in [0.2, 0.25) is 5.95 Å². The Hall–Kier alpha value is -4.01. The number of hydrogen-bond acceptors (Lipinski definition) is 6. The molecule has 0 radical (unpaired) electrons. The highest BCUT2D eigenvalue weighted by molar-refractivity contribution is 6.06. The van der Waals surface area contributed by atoms with E-state index in [1.807, 2.05) is 31.2 Å². The van der Waals surface area contributed by atoms with Crippen LogP contribution in [0, 0.1) is 17.0 Å². The predicted octanol–water partition coefficient (Wildman–Crippen LogP) is 3.42. The van der Waals surface area contributed by atoms with Crippen molar-refractivity contribution in [3.8, 4) is 0 Å². The van der Waals surface area contributed by atoms with Gasteiger partial charge in [0, 0.05) is 23.5 Å². The van der Waals surface area contributed by atoms with Gasteiger partial charge in [-0.2, -0.15) is 10.1 Å². The van der Waals surface area contributed by atoms with Crippen LogP contribution >= 0.6 is 0 Å². The summed E-state index contributed by atoms with van der Waals surface area (Å²) in [7, 11) is 0. The highest BCUT2D eigenvalue weighted by Gasteiger charge is 2.33. The van der Waals surface area contributed by atoms with Gasteiger partial charge >= 0.3 is 0 Å². The molecular formula is C20H18N6O3. The van der Waals surface area contributed by atoms with E-state index in [2.05, 4.69) is 20.7 Å². The molecule has 2 N–H and O–H groups in total. The quantitative estimate of drug-likeness (QED) is 0.521. The van der Waals surface area contributed by atoms with Crippen molar-refractivity contribution in [3.05, 3.63) is 87.4 Å². The SMILES string of the molecule is CC1=C(C(=O)Nc2cccc(C)c2)C(c2ccc([N+](=O)[O-])cc2)n2ncnc2N1. The zero-order valence-corrected chi connectivity index (χ0v) is 15.8. The van der Waals surface area contributed by atoms with E-state index < -0.39 is 11.0 Å². The number of aromatic nitrogens is 3. The van der Waals surface area contributed by atoms with E-state index in [0.717, 1.165) is 5.56 Å². The molecule has 29 heavy (non-hydrogen) atoms. The molecule has 1 atom stereocenters. The van der Waals surface area contributed by atoms with Crippen molar-refractivity contribution in [3.63, 3.8) is 0 Å². The highest BCUT2D eigenvalue weighted by atomic mass is 16.6. The van der Waals surface area contributed by atoms with Crippen LogP contribution in [0.1, 0.15) is 24.1 Å². The fourth-order valence-corrected chi connectivity index (χ4v) is 3.39. The first-order valence-corrected chi connectivity index (χ1v) is 8.93. The second kappa shape index (κ2) is 7.19. The van der Waals surface area contributed by atoms with Gasteiger partial charge in [0.15, 0.2) is 0 Å². The lowest BCUT2D eigenvalue weighted by Crippen LogP contribution is -2.31. The summed E-state index contributed by atoms with van der Waals surface area (Å²) in [5.41, 5.74) is 3.48. The number of amides is 1. The van der Waals surface area contributed by atoms with Gasteiger partial charge in [0.1, 0.15) is 12.4 Å². The van der Waals surface area contributed by atoms with E-state index >= 15 is 0 Å². The number of nitro groups is 1. The number of allylic oxidation sites excluding steroid dienone is 1. The third-order valence-corrected chi connectivity index (χ3v) is 4.73. The monoisotopic (exact) mass is 390 g/mol. The molecule has 1 amide bonds. The third kappa shape index (κ3) is 3.45. The first-order valence-electron chi connectivity index (χ1n) is 8.93. The molecule has 3 aromatic rings. The zero-order valence-electron chi connectivity index (χ0n) is 15.8. The van der Waals surface area contributed by atoms with Crippen LogP contribution in [0.5, 0.6) is 0 Å². The summed E-state index contributed by atoms with van der Waals surface area (Å²) < 4.78 is 1.60. The predicted molar refractivity (Wildman–Crippen MR) is 107 cm³/mol. The van der Waals surface area contributed by atoms with Crippen LogP contribution < -0.4 is 10.6 Å². The Balaban J connectivity index is 1.75. The number of fused-ring (bicyclic) bond motifs is 1. The summed E-state index contributed by atoms with van der Waals surface area (Å²) >= 11 is 0. The number of anilines is 2. The number of non-ortho nitro benzene ring substituents is 1. The molecule has 0 bridgehead atoms. The van der Waals surface area contributed by atoms with E-state index in [1.165, 1.54) is 18.5 Å². The molecule has 0 fully saturated rings. The van der Waals surface area contributed by atoms with Crippen molar-refractivity contribution in [2.75, 3.05) is 10.6 Å². The molecule has 0 spiro atoms. The molecule has 2 aromatic carbocycles. The summed E-state index contributed by atoms with van der Waals surface area (Å²) in [5.74, 6) is 0.211. The summed E-state index contributed by atoms with van der Waals surface area (Å²) in [6.45, 7) is 3.74. The topological polar surface area (TPSA) is 115 Å². The minimum Gasteiger partial charge on any atom is -0.328 e. The van der Waals surface area contributed by atoms with Crippen molar-refractivity contribution in [1.29, 1.82) is 0 Å². The van der Waals surface area contributed by atoms with Gasteiger partial charge in [0.25, 0.3) is 11.6 Å². The Morgan fingerprint density at radius 3 is 2.66 bits per heavy atom. The fourth-order valence-electron chi connectivity index (χ4n) is 3.39. The van der Waals surface area contributed by atoms with Crippen LogP contribution in [0.2, 0.25) is 0 Å². The summed E-state index contributed by atoms with van der Waals surface area (Å²) in [4.78, 5) is 27.9. The lowest BCUT2D eigenvalue weighted by Gasteiger charge is -2.28. The number of rotatable bonds is 4. The first kappa shape index (κ1) is 18.4. The first-order chi connectivity index (χ1) is 13.9.